The van der Waals surface area contributed by atoms with Crippen molar-refractivity contribution in [2.24, 2.45) is 0 Å². The molecule has 0 fully saturated rings. The largest absolute Gasteiger partial charge is 0.486 e. The molecule has 0 bridgehead atoms. The van der Waals surface area contributed by atoms with Crippen molar-refractivity contribution in [3.05, 3.63) is 100 Å². The zero-order valence-corrected chi connectivity index (χ0v) is 23.0. The van der Waals surface area contributed by atoms with Gasteiger partial charge in [0, 0.05) is 41.1 Å². The molecule has 0 saturated heterocycles. The van der Waals surface area contributed by atoms with Crippen molar-refractivity contribution in [2.75, 3.05) is 13.2 Å². The summed E-state index contributed by atoms with van der Waals surface area (Å²) in [6, 6.07) is 16.5. The summed E-state index contributed by atoms with van der Waals surface area (Å²) in [5.41, 5.74) is 3.00. The highest BCUT2D eigenvalue weighted by atomic mass is 16.6. The first-order valence-corrected chi connectivity index (χ1v) is 13.4. The summed E-state index contributed by atoms with van der Waals surface area (Å²) in [5.74, 6) is 1.98. The number of hydrogen-bond acceptors (Lipinski definition) is 8. The van der Waals surface area contributed by atoms with E-state index in [9.17, 15) is 9.59 Å². The minimum absolute atomic E-state index is 0.0326. The molecule has 6 rings (SSSR count). The van der Waals surface area contributed by atoms with Crippen LogP contribution in [0.15, 0.2) is 78.0 Å². The third-order valence-corrected chi connectivity index (χ3v) is 6.82. The summed E-state index contributed by atoms with van der Waals surface area (Å²) in [5, 5.41) is 5.16. The van der Waals surface area contributed by atoms with Gasteiger partial charge in [-0.3, -0.25) is 24.2 Å². The van der Waals surface area contributed by atoms with Crippen LogP contribution in [-0.2, 0) is 6.42 Å². The fourth-order valence-electron chi connectivity index (χ4n) is 4.59. The van der Waals surface area contributed by atoms with E-state index in [0.717, 1.165) is 16.5 Å². The Morgan fingerprint density at radius 1 is 1.00 bits per heavy atom. The molecule has 0 amide bonds. The number of pyridine rings is 2. The molecule has 206 valence electrons. The maximum atomic E-state index is 13.4. The van der Waals surface area contributed by atoms with Crippen molar-refractivity contribution >= 4 is 16.7 Å². The van der Waals surface area contributed by atoms with E-state index in [0.29, 0.717) is 53.0 Å². The monoisotopic (exact) mass is 548 g/mol. The molecule has 0 atom stereocenters. The smallest absolute Gasteiger partial charge is 0.219 e. The zero-order chi connectivity index (χ0) is 28.5. The highest BCUT2D eigenvalue weighted by Crippen LogP contribution is 2.38. The number of benzene rings is 2. The molecule has 3 aromatic heterocycles. The van der Waals surface area contributed by atoms with Crippen LogP contribution in [0, 0.1) is 6.92 Å². The van der Waals surface area contributed by atoms with Crippen LogP contribution in [0.25, 0.3) is 22.0 Å². The number of aryl methyl sites for hydroxylation is 1. The van der Waals surface area contributed by atoms with Crippen molar-refractivity contribution < 1.29 is 19.0 Å². The molecular formula is C32H28N4O5. The topological polar surface area (TPSA) is 105 Å². The van der Waals surface area contributed by atoms with E-state index in [4.69, 9.17) is 14.2 Å². The Morgan fingerprint density at radius 2 is 1.76 bits per heavy atom. The van der Waals surface area contributed by atoms with E-state index in [-0.39, 0.29) is 18.2 Å². The fourth-order valence-corrected chi connectivity index (χ4v) is 4.59. The third-order valence-electron chi connectivity index (χ3n) is 6.82. The van der Waals surface area contributed by atoms with Crippen LogP contribution < -0.4 is 19.6 Å². The normalized spacial score (nSPS) is 12.5. The zero-order valence-electron chi connectivity index (χ0n) is 23.0. The number of carbonyl (C=O) groups is 1. The van der Waals surface area contributed by atoms with Gasteiger partial charge >= 0.3 is 0 Å². The molecule has 9 heteroatoms. The maximum Gasteiger partial charge on any atom is 0.219 e. The van der Waals surface area contributed by atoms with Crippen LogP contribution in [0.5, 0.6) is 23.0 Å². The highest BCUT2D eigenvalue weighted by Gasteiger charge is 2.20. The Balaban J connectivity index is 1.24. The Morgan fingerprint density at radius 3 is 2.46 bits per heavy atom. The van der Waals surface area contributed by atoms with Crippen LogP contribution in [0.4, 0.5) is 0 Å². The number of fused-ring (bicyclic) bond motifs is 2. The van der Waals surface area contributed by atoms with Crippen molar-refractivity contribution in [3.8, 4) is 34.1 Å². The van der Waals surface area contributed by atoms with Gasteiger partial charge in [-0.1, -0.05) is 29.8 Å². The molecule has 0 N–H and O–H groups in total. The molecule has 41 heavy (non-hydrogen) atoms. The number of hydrogen-bond donors (Lipinski definition) is 0. The second kappa shape index (κ2) is 10.8. The average Bonchev–Trinajstić information content (AvgIpc) is 2.98. The Kier molecular flexibility index (Phi) is 6.93. The first-order valence-electron chi connectivity index (χ1n) is 13.4. The van der Waals surface area contributed by atoms with Crippen LogP contribution in [0.1, 0.15) is 41.6 Å². The predicted molar refractivity (Wildman–Crippen MR) is 154 cm³/mol. The molecule has 1 aliphatic heterocycles. The molecule has 4 heterocycles. The fraction of sp³-hybridized carbons (Fsp3) is 0.219. The molecule has 0 saturated carbocycles. The van der Waals surface area contributed by atoms with Gasteiger partial charge in [-0.2, -0.15) is 5.10 Å². The summed E-state index contributed by atoms with van der Waals surface area (Å²) in [6.07, 6.45) is 4.85. The van der Waals surface area contributed by atoms with Gasteiger partial charge in [0.25, 0.3) is 0 Å². The average molecular weight is 549 g/mol. The van der Waals surface area contributed by atoms with Crippen LogP contribution in [0.3, 0.4) is 0 Å². The molecular weight excluding hydrogens is 520 g/mol. The summed E-state index contributed by atoms with van der Waals surface area (Å²) >= 11 is 0. The van der Waals surface area contributed by atoms with Crippen LogP contribution >= 0.6 is 0 Å². The van der Waals surface area contributed by atoms with Gasteiger partial charge in [-0.05, 0) is 50.6 Å². The van der Waals surface area contributed by atoms with Crippen molar-refractivity contribution in [2.45, 2.75) is 33.2 Å². The molecule has 5 aromatic rings. The number of ketones is 1. The molecule has 2 aromatic carbocycles. The number of nitrogens with zero attached hydrogens (tertiary/aromatic N) is 4. The van der Waals surface area contributed by atoms with E-state index in [1.807, 2.05) is 57.2 Å². The van der Waals surface area contributed by atoms with Gasteiger partial charge in [-0.15, -0.1) is 0 Å². The number of carbonyl (C=O) groups excluding carboxylic acids is 1. The molecule has 9 nitrogen and oxygen atoms in total. The minimum Gasteiger partial charge on any atom is -0.486 e. The van der Waals surface area contributed by atoms with Gasteiger partial charge in [0.1, 0.15) is 24.7 Å². The number of aromatic nitrogens is 4. The third kappa shape index (κ3) is 5.38. The summed E-state index contributed by atoms with van der Waals surface area (Å²) in [7, 11) is 0. The number of rotatable bonds is 7. The molecule has 1 aliphatic rings. The van der Waals surface area contributed by atoms with E-state index < -0.39 is 11.2 Å². The first-order chi connectivity index (χ1) is 19.9. The first kappa shape index (κ1) is 26.2. The lowest BCUT2D eigenvalue weighted by Gasteiger charge is -2.19. The Labute approximate surface area is 236 Å². The second-order valence-corrected chi connectivity index (χ2v) is 10.2. The Bertz CT molecular complexity index is 1810. The van der Waals surface area contributed by atoms with Crippen molar-refractivity contribution in [1.82, 2.24) is 19.7 Å². The van der Waals surface area contributed by atoms with Gasteiger partial charge < -0.3 is 14.2 Å². The lowest BCUT2D eigenvalue weighted by atomic mass is 10.0. The Hall–Kier alpha value is -5.05. The van der Waals surface area contributed by atoms with Crippen molar-refractivity contribution in [1.29, 1.82) is 0 Å². The number of Topliss-reactive ketones (excluding diaryl/α,β-unsaturated/α-hetero) is 1. The summed E-state index contributed by atoms with van der Waals surface area (Å²) in [6.45, 7) is 6.86. The molecule has 0 aliphatic carbocycles. The highest BCUT2D eigenvalue weighted by molar-refractivity contribution is 5.96. The van der Waals surface area contributed by atoms with E-state index >= 15 is 0 Å². The van der Waals surface area contributed by atoms with Gasteiger partial charge in [-0.25, -0.2) is 0 Å². The molecule has 0 unspecified atom stereocenters. The lowest BCUT2D eigenvalue weighted by Crippen LogP contribution is -2.25. The van der Waals surface area contributed by atoms with Gasteiger partial charge in [0.05, 0.1) is 18.1 Å². The van der Waals surface area contributed by atoms with Gasteiger partial charge in [0.2, 0.25) is 5.43 Å². The van der Waals surface area contributed by atoms with Crippen molar-refractivity contribution in [3.63, 3.8) is 0 Å². The van der Waals surface area contributed by atoms with E-state index in [1.165, 1.54) is 0 Å². The van der Waals surface area contributed by atoms with Crippen LogP contribution in [-0.4, -0.2) is 38.7 Å². The van der Waals surface area contributed by atoms with E-state index in [2.05, 4.69) is 15.1 Å². The second-order valence-electron chi connectivity index (χ2n) is 10.2. The molecule has 0 spiro atoms. The predicted octanol–water partition coefficient (Wildman–Crippen LogP) is 5.73. The summed E-state index contributed by atoms with van der Waals surface area (Å²) < 4.78 is 19.1. The lowest BCUT2D eigenvalue weighted by molar-refractivity contribution is 0.0983. The van der Waals surface area contributed by atoms with Gasteiger partial charge in [0.15, 0.2) is 23.0 Å². The minimum atomic E-state index is -0.397. The SMILES string of the molecule is Cc1ccc(-c2cn(C(C)C)nc(C(=O)Cc3ccc(Oc4ccnc5cc6c(cc45)OCCO6)cn3)c2=O)cc1. The number of ether oxygens (including phenoxy) is 3. The maximum absolute atomic E-state index is 13.4. The van der Waals surface area contributed by atoms with E-state index in [1.54, 1.807) is 41.5 Å². The molecule has 0 radical (unpaired) electrons. The standard InChI is InChI=1S/C32H28N4O5/c1-19(2)36-18-25(21-6-4-20(3)5-7-21)32(38)31(35-36)27(37)14-22-8-9-23(17-34-22)41-28-10-11-33-26-16-30-29(15-24(26)28)39-12-13-40-30/h4-11,15-19H,12-14H2,1-3H3. The van der Waals surface area contributed by atoms with Crippen LogP contribution in [0.2, 0.25) is 0 Å². The summed E-state index contributed by atoms with van der Waals surface area (Å²) in [4.78, 5) is 35.5. The quantitative estimate of drug-likeness (QED) is 0.237.